The lowest BCUT2D eigenvalue weighted by Crippen LogP contribution is -2.54. The van der Waals surface area contributed by atoms with Gasteiger partial charge in [0, 0.05) is 36.8 Å². The van der Waals surface area contributed by atoms with E-state index < -0.39 is 12.2 Å². The number of nitrogens with zero attached hydrogens (tertiary/aromatic N) is 4. The van der Waals surface area contributed by atoms with Crippen LogP contribution in [0.15, 0.2) is 30.6 Å². The van der Waals surface area contributed by atoms with Crippen LogP contribution in [0.2, 0.25) is 5.02 Å². The molecule has 0 radical (unpaired) electrons. The van der Waals surface area contributed by atoms with Crippen molar-refractivity contribution in [2.45, 2.75) is 37.9 Å². The zero-order chi connectivity index (χ0) is 20.5. The monoisotopic (exact) mass is 417 g/mol. The molecule has 1 unspecified atom stereocenters. The number of amides is 1. The summed E-state index contributed by atoms with van der Waals surface area (Å²) in [7, 11) is 0. The minimum Gasteiger partial charge on any atom is -0.353 e. The molecule has 1 aromatic heterocycles. The summed E-state index contributed by atoms with van der Waals surface area (Å²) >= 11 is 5.91. The van der Waals surface area contributed by atoms with Crippen LogP contribution in [-0.2, 0) is 11.2 Å². The third-order valence-electron chi connectivity index (χ3n) is 5.82. The maximum atomic E-state index is 14.2. The van der Waals surface area contributed by atoms with Crippen molar-refractivity contribution in [3.05, 3.63) is 52.4 Å². The highest BCUT2D eigenvalue weighted by atomic mass is 35.5. The Balaban J connectivity index is 1.38. The standard InChI is InChI=1S/C21H25ClFN5O/c1-13-10-16(23)19-18(13)20(26-12-25-19)27-6-8-28(9-7-27)21(29)17(24)11-14-2-4-15(22)5-3-14/h2-5,12-13,16-17H,6-11,24H2,1H3/t13-,16-,17?/m1/s1. The van der Waals surface area contributed by atoms with Crippen LogP contribution in [0.25, 0.3) is 0 Å². The summed E-state index contributed by atoms with van der Waals surface area (Å²) in [6.07, 6.45) is 1.36. The predicted molar refractivity (Wildman–Crippen MR) is 111 cm³/mol. The lowest BCUT2D eigenvalue weighted by Gasteiger charge is -2.37. The summed E-state index contributed by atoms with van der Waals surface area (Å²) in [5.41, 5.74) is 8.59. The number of fused-ring (bicyclic) bond motifs is 1. The van der Waals surface area contributed by atoms with Crippen LogP contribution in [0.1, 0.15) is 42.3 Å². The molecule has 3 atom stereocenters. The average molecular weight is 418 g/mol. The molecule has 0 spiro atoms. The largest absolute Gasteiger partial charge is 0.353 e. The summed E-state index contributed by atoms with van der Waals surface area (Å²) in [5.74, 6) is 0.855. The molecule has 8 heteroatoms. The fourth-order valence-corrected chi connectivity index (χ4v) is 4.37. The first kappa shape index (κ1) is 20.0. The molecular formula is C21H25ClFN5O. The van der Waals surface area contributed by atoms with Crippen molar-refractivity contribution in [3.8, 4) is 0 Å². The second-order valence-electron chi connectivity index (χ2n) is 7.85. The number of benzene rings is 1. The van der Waals surface area contributed by atoms with Crippen molar-refractivity contribution in [2.24, 2.45) is 5.73 Å². The van der Waals surface area contributed by atoms with Gasteiger partial charge in [0.15, 0.2) is 0 Å². The number of rotatable bonds is 4. The number of hydrogen-bond acceptors (Lipinski definition) is 5. The Hall–Kier alpha value is -2.25. The number of anilines is 1. The van der Waals surface area contributed by atoms with Gasteiger partial charge in [-0.1, -0.05) is 30.7 Å². The van der Waals surface area contributed by atoms with Gasteiger partial charge in [0.2, 0.25) is 5.91 Å². The fraction of sp³-hybridized carbons (Fsp3) is 0.476. The molecule has 1 amide bonds. The average Bonchev–Trinajstić information content (AvgIpc) is 3.03. The van der Waals surface area contributed by atoms with Crippen molar-refractivity contribution in [3.63, 3.8) is 0 Å². The molecule has 154 valence electrons. The zero-order valence-electron chi connectivity index (χ0n) is 16.4. The maximum absolute atomic E-state index is 14.2. The Morgan fingerprint density at radius 2 is 1.93 bits per heavy atom. The summed E-state index contributed by atoms with van der Waals surface area (Å²) in [4.78, 5) is 25.3. The van der Waals surface area contributed by atoms with E-state index in [1.165, 1.54) is 6.33 Å². The van der Waals surface area contributed by atoms with Gasteiger partial charge in [0.1, 0.15) is 18.3 Å². The predicted octanol–water partition coefficient (Wildman–Crippen LogP) is 2.87. The van der Waals surface area contributed by atoms with Crippen molar-refractivity contribution in [1.29, 1.82) is 0 Å². The van der Waals surface area contributed by atoms with Crippen LogP contribution in [0, 0.1) is 0 Å². The summed E-state index contributed by atoms with van der Waals surface area (Å²) in [6, 6.07) is 6.80. The Morgan fingerprint density at radius 3 is 2.62 bits per heavy atom. The zero-order valence-corrected chi connectivity index (χ0v) is 17.1. The maximum Gasteiger partial charge on any atom is 0.239 e. The number of piperazine rings is 1. The Kier molecular flexibility index (Phi) is 5.69. The molecule has 29 heavy (non-hydrogen) atoms. The number of aromatic nitrogens is 2. The molecule has 0 bridgehead atoms. The molecular weight excluding hydrogens is 393 g/mol. The SMILES string of the molecule is C[C@@H]1C[C@@H](F)c2ncnc(N3CCN(C(=O)C(N)Cc4ccc(Cl)cc4)CC3)c21. The molecule has 2 aliphatic rings. The Bertz CT molecular complexity index is 885. The molecule has 2 N–H and O–H groups in total. The first-order chi connectivity index (χ1) is 13.9. The van der Waals surface area contributed by atoms with Crippen LogP contribution >= 0.6 is 11.6 Å². The van der Waals surface area contributed by atoms with Gasteiger partial charge in [-0.15, -0.1) is 0 Å². The second-order valence-corrected chi connectivity index (χ2v) is 8.29. The molecule has 1 aromatic carbocycles. The Labute approximate surface area is 174 Å². The van der Waals surface area contributed by atoms with E-state index in [0.29, 0.717) is 49.7 Å². The number of carbonyl (C=O) groups is 1. The van der Waals surface area contributed by atoms with Gasteiger partial charge >= 0.3 is 0 Å². The van der Waals surface area contributed by atoms with Gasteiger partial charge < -0.3 is 15.5 Å². The molecule has 1 fully saturated rings. The van der Waals surface area contributed by atoms with Crippen molar-refractivity contribution in [2.75, 3.05) is 31.1 Å². The number of alkyl halides is 1. The van der Waals surface area contributed by atoms with E-state index in [-0.39, 0.29) is 11.8 Å². The van der Waals surface area contributed by atoms with Gasteiger partial charge in [-0.05, 0) is 36.5 Å². The molecule has 1 aliphatic heterocycles. The van der Waals surface area contributed by atoms with Crippen LogP contribution in [-0.4, -0.2) is 53.0 Å². The van der Waals surface area contributed by atoms with Gasteiger partial charge in [-0.2, -0.15) is 0 Å². The van der Waals surface area contributed by atoms with Gasteiger partial charge in [-0.25, -0.2) is 14.4 Å². The van der Waals surface area contributed by atoms with Gasteiger partial charge in [0.05, 0.1) is 11.7 Å². The number of carbonyl (C=O) groups excluding carboxylic acids is 1. The first-order valence-corrected chi connectivity index (χ1v) is 10.3. The number of nitrogens with two attached hydrogens (primary N) is 1. The lowest BCUT2D eigenvalue weighted by molar-refractivity contribution is -0.132. The topological polar surface area (TPSA) is 75.4 Å². The molecule has 0 saturated carbocycles. The normalized spacial score (nSPS) is 22.5. The van der Waals surface area contributed by atoms with Crippen LogP contribution in [0.3, 0.4) is 0 Å². The highest BCUT2D eigenvalue weighted by molar-refractivity contribution is 6.30. The first-order valence-electron chi connectivity index (χ1n) is 9.96. The van der Waals surface area contributed by atoms with Crippen molar-refractivity contribution in [1.82, 2.24) is 14.9 Å². The van der Waals surface area contributed by atoms with Crippen molar-refractivity contribution < 1.29 is 9.18 Å². The quantitative estimate of drug-likeness (QED) is 0.827. The molecule has 6 nitrogen and oxygen atoms in total. The summed E-state index contributed by atoms with van der Waals surface area (Å²) in [5, 5.41) is 0.661. The molecule has 1 aliphatic carbocycles. The minimum absolute atomic E-state index is 0.0512. The van der Waals surface area contributed by atoms with Crippen LogP contribution < -0.4 is 10.6 Å². The molecule has 2 heterocycles. The minimum atomic E-state index is -1.02. The van der Waals surface area contributed by atoms with E-state index in [1.807, 2.05) is 19.1 Å². The van der Waals surface area contributed by atoms with E-state index in [9.17, 15) is 9.18 Å². The summed E-state index contributed by atoms with van der Waals surface area (Å²) < 4.78 is 14.2. The van der Waals surface area contributed by atoms with E-state index in [4.69, 9.17) is 17.3 Å². The second kappa shape index (κ2) is 8.24. The highest BCUT2D eigenvalue weighted by Crippen LogP contribution is 2.44. The molecule has 2 aromatic rings. The molecule has 4 rings (SSSR count). The van der Waals surface area contributed by atoms with Crippen LogP contribution in [0.5, 0.6) is 0 Å². The van der Waals surface area contributed by atoms with Crippen LogP contribution in [0.4, 0.5) is 10.2 Å². The van der Waals surface area contributed by atoms with E-state index >= 15 is 0 Å². The third-order valence-corrected chi connectivity index (χ3v) is 6.07. The van der Waals surface area contributed by atoms with E-state index in [2.05, 4.69) is 14.9 Å². The van der Waals surface area contributed by atoms with E-state index in [0.717, 1.165) is 16.9 Å². The smallest absolute Gasteiger partial charge is 0.239 e. The number of hydrogen-bond donors (Lipinski definition) is 1. The third kappa shape index (κ3) is 4.07. The fourth-order valence-electron chi connectivity index (χ4n) is 4.25. The van der Waals surface area contributed by atoms with E-state index in [1.54, 1.807) is 17.0 Å². The summed E-state index contributed by atoms with van der Waals surface area (Å²) in [6.45, 7) is 4.44. The lowest BCUT2D eigenvalue weighted by atomic mass is 10.0. The number of halogens is 2. The molecule has 1 saturated heterocycles. The highest BCUT2D eigenvalue weighted by Gasteiger charge is 2.35. The van der Waals surface area contributed by atoms with Crippen molar-refractivity contribution >= 4 is 23.3 Å². The van der Waals surface area contributed by atoms with Gasteiger partial charge in [0.25, 0.3) is 0 Å². The van der Waals surface area contributed by atoms with Gasteiger partial charge in [-0.3, -0.25) is 4.79 Å². The Morgan fingerprint density at radius 1 is 1.24 bits per heavy atom.